The van der Waals surface area contributed by atoms with Gasteiger partial charge in [0.25, 0.3) is 0 Å². The molecule has 7 rings (SSSR count). The fourth-order valence-electron chi connectivity index (χ4n) is 7.19. The Morgan fingerprint density at radius 1 is 0.977 bits per heavy atom. The lowest BCUT2D eigenvalue weighted by atomic mass is 9.87. The molecule has 0 amide bonds. The Labute approximate surface area is 256 Å². The van der Waals surface area contributed by atoms with Gasteiger partial charge in [0.1, 0.15) is 11.5 Å². The van der Waals surface area contributed by atoms with Crippen molar-refractivity contribution < 1.29 is 4.42 Å². The summed E-state index contributed by atoms with van der Waals surface area (Å²) in [5.41, 5.74) is 10.4. The summed E-state index contributed by atoms with van der Waals surface area (Å²) >= 11 is 0. The van der Waals surface area contributed by atoms with Crippen molar-refractivity contribution >= 4 is 17.3 Å². The highest BCUT2D eigenvalue weighted by Gasteiger charge is 2.29. The highest BCUT2D eigenvalue weighted by Crippen LogP contribution is 2.42. The third-order valence-electron chi connectivity index (χ3n) is 9.43. The Kier molecular flexibility index (Phi) is 8.01. The van der Waals surface area contributed by atoms with E-state index >= 15 is 0 Å². The molecule has 43 heavy (non-hydrogen) atoms. The Balaban J connectivity index is 1.34. The number of hydrogen-bond donors (Lipinski definition) is 0. The van der Waals surface area contributed by atoms with Crippen molar-refractivity contribution in [2.75, 3.05) is 4.90 Å². The number of fused-ring (bicyclic) bond motifs is 5. The monoisotopic (exact) mass is 563 g/mol. The van der Waals surface area contributed by atoms with E-state index in [4.69, 9.17) is 4.42 Å². The zero-order valence-corrected chi connectivity index (χ0v) is 25.1. The lowest BCUT2D eigenvalue weighted by Gasteiger charge is -2.29. The minimum atomic E-state index is 0.208. The molecule has 0 radical (unpaired) electrons. The molecule has 2 aromatic rings. The van der Waals surface area contributed by atoms with Crippen LogP contribution in [0.15, 0.2) is 137 Å². The van der Waals surface area contributed by atoms with Gasteiger partial charge < -0.3 is 9.32 Å². The van der Waals surface area contributed by atoms with Gasteiger partial charge in [-0.15, -0.1) is 0 Å². The quantitative estimate of drug-likeness (QED) is 0.246. The van der Waals surface area contributed by atoms with E-state index in [0.717, 1.165) is 50.7 Å². The summed E-state index contributed by atoms with van der Waals surface area (Å²) in [5.74, 6) is 2.93. The van der Waals surface area contributed by atoms with Crippen molar-refractivity contribution in [3.05, 3.63) is 161 Å². The third-order valence-corrected chi connectivity index (χ3v) is 9.43. The number of allylic oxidation sites excluding steroid dienone is 15. The maximum absolute atomic E-state index is 6.47. The third kappa shape index (κ3) is 5.71. The van der Waals surface area contributed by atoms with Crippen LogP contribution in [0.25, 0.3) is 11.6 Å². The van der Waals surface area contributed by atoms with Gasteiger partial charge in [0.05, 0.1) is 5.70 Å². The average molecular weight is 564 g/mol. The molecule has 0 spiro atoms. The first-order valence-corrected chi connectivity index (χ1v) is 16.1. The van der Waals surface area contributed by atoms with Gasteiger partial charge in [0.15, 0.2) is 0 Å². The molecule has 5 aliphatic carbocycles. The molecule has 1 aromatic heterocycles. The van der Waals surface area contributed by atoms with E-state index in [1.54, 1.807) is 0 Å². The average Bonchev–Trinajstić information content (AvgIpc) is 3.18. The van der Waals surface area contributed by atoms with Gasteiger partial charge in [0.2, 0.25) is 0 Å². The Morgan fingerprint density at radius 3 is 2.79 bits per heavy atom. The Morgan fingerprint density at radius 2 is 1.93 bits per heavy atom. The van der Waals surface area contributed by atoms with Crippen LogP contribution < -0.4 is 4.90 Å². The number of nitrogens with zero attached hydrogens (tertiary/aromatic N) is 1. The first kappa shape index (κ1) is 27.5. The first-order chi connectivity index (χ1) is 21.3. The highest BCUT2D eigenvalue weighted by atomic mass is 16.3. The molecule has 1 heterocycles. The molecule has 5 aliphatic rings. The topological polar surface area (TPSA) is 16.4 Å². The van der Waals surface area contributed by atoms with Crippen LogP contribution in [-0.2, 0) is 12.8 Å². The van der Waals surface area contributed by atoms with Gasteiger partial charge >= 0.3 is 0 Å². The van der Waals surface area contributed by atoms with E-state index < -0.39 is 0 Å². The molecule has 2 heteroatoms. The number of hydrogen-bond acceptors (Lipinski definition) is 2. The molecule has 0 N–H and O–H groups in total. The zero-order chi connectivity index (χ0) is 29.0. The molecular weight excluding hydrogens is 522 g/mol. The molecule has 2 atom stereocenters. The van der Waals surface area contributed by atoms with E-state index in [1.165, 1.54) is 63.4 Å². The zero-order valence-electron chi connectivity index (χ0n) is 25.1. The fourth-order valence-corrected chi connectivity index (χ4v) is 7.19. The molecule has 0 fully saturated rings. The maximum Gasteiger partial charge on any atom is 0.131 e. The SMILES string of the molecule is C=C/C=C\C(=C/N(C1=CC=CC2C=C1C=Cc1oc3c(c12)CCCC3)c1cccc(C2=CC=CCC2)c1)C1CC=CCC1. The van der Waals surface area contributed by atoms with Crippen molar-refractivity contribution in [2.24, 2.45) is 5.92 Å². The van der Waals surface area contributed by atoms with Gasteiger partial charge in [-0.2, -0.15) is 0 Å². The number of rotatable bonds is 7. The van der Waals surface area contributed by atoms with Crippen LogP contribution in [0.1, 0.15) is 79.1 Å². The van der Waals surface area contributed by atoms with E-state index in [-0.39, 0.29) is 5.92 Å². The summed E-state index contributed by atoms with van der Waals surface area (Å²) in [6.45, 7) is 3.98. The largest absolute Gasteiger partial charge is 0.461 e. The van der Waals surface area contributed by atoms with Crippen molar-refractivity contribution in [1.29, 1.82) is 0 Å². The minimum Gasteiger partial charge on any atom is -0.461 e. The number of furan rings is 1. The van der Waals surface area contributed by atoms with Crippen LogP contribution in [-0.4, -0.2) is 0 Å². The maximum atomic E-state index is 6.47. The minimum absolute atomic E-state index is 0.208. The lowest BCUT2D eigenvalue weighted by molar-refractivity contribution is 0.471. The number of anilines is 1. The smallest absolute Gasteiger partial charge is 0.131 e. The van der Waals surface area contributed by atoms with Gasteiger partial charge in [-0.3, -0.25) is 0 Å². The van der Waals surface area contributed by atoms with E-state index in [9.17, 15) is 0 Å². The van der Waals surface area contributed by atoms with Crippen molar-refractivity contribution in [1.82, 2.24) is 0 Å². The summed E-state index contributed by atoms with van der Waals surface area (Å²) in [6, 6.07) is 9.08. The molecule has 2 nitrogen and oxygen atoms in total. The molecule has 216 valence electrons. The summed E-state index contributed by atoms with van der Waals surface area (Å²) in [6.07, 6.45) is 44.0. The van der Waals surface area contributed by atoms with Gasteiger partial charge in [0, 0.05) is 29.8 Å². The van der Waals surface area contributed by atoms with E-state index in [1.807, 2.05) is 6.08 Å². The first-order valence-electron chi connectivity index (χ1n) is 16.1. The molecule has 0 saturated heterocycles. The van der Waals surface area contributed by atoms with Crippen LogP contribution in [0.4, 0.5) is 5.69 Å². The van der Waals surface area contributed by atoms with Crippen LogP contribution in [0, 0.1) is 5.92 Å². The molecule has 1 aromatic carbocycles. The number of benzene rings is 1. The molecule has 0 saturated carbocycles. The molecule has 2 bridgehead atoms. The predicted octanol–water partition coefficient (Wildman–Crippen LogP) is 10.9. The Bertz CT molecular complexity index is 1670. The predicted molar refractivity (Wildman–Crippen MR) is 182 cm³/mol. The summed E-state index contributed by atoms with van der Waals surface area (Å²) in [4.78, 5) is 2.43. The van der Waals surface area contributed by atoms with Crippen molar-refractivity contribution in [3.8, 4) is 0 Å². The second kappa shape index (κ2) is 12.5. The highest BCUT2D eigenvalue weighted by molar-refractivity contribution is 5.75. The second-order valence-electron chi connectivity index (χ2n) is 12.2. The standard InChI is InChI=1S/C41H41NO/c1-2-3-14-35(31-17-8-5-9-18-31)29-42(36-21-12-19-32(28-36)30-15-6-4-7-16-30)38-23-13-20-34-27-33(38)25-26-40-41(34)37-22-10-11-24-39(37)43-40/h2-6,8,12-15,19-21,23,25-29,31,34H,1,7,9-11,16-18,22,24H2/b14-3-,35-29+. The summed E-state index contributed by atoms with van der Waals surface area (Å²) in [5, 5.41) is 0. The van der Waals surface area contributed by atoms with E-state index in [2.05, 4.69) is 121 Å². The normalized spacial score (nSPS) is 22.7. The van der Waals surface area contributed by atoms with Crippen molar-refractivity contribution in [2.45, 2.75) is 63.7 Å². The van der Waals surface area contributed by atoms with Gasteiger partial charge in [-0.25, -0.2) is 0 Å². The summed E-state index contributed by atoms with van der Waals surface area (Å²) in [7, 11) is 0. The molecule has 0 aliphatic heterocycles. The molecule has 2 unspecified atom stereocenters. The molecular formula is C41H41NO. The summed E-state index contributed by atoms with van der Waals surface area (Å²) < 4.78 is 6.47. The second-order valence-corrected chi connectivity index (χ2v) is 12.2. The van der Waals surface area contributed by atoms with Crippen molar-refractivity contribution in [3.63, 3.8) is 0 Å². The number of aryl methyl sites for hydroxylation is 1. The van der Waals surface area contributed by atoms with Crippen LogP contribution in [0.3, 0.4) is 0 Å². The van der Waals surface area contributed by atoms with Crippen LogP contribution in [0.5, 0.6) is 0 Å². The van der Waals surface area contributed by atoms with Crippen LogP contribution >= 0.6 is 0 Å². The lowest BCUT2D eigenvalue weighted by Crippen LogP contribution is -2.19. The van der Waals surface area contributed by atoms with Gasteiger partial charge in [-0.1, -0.05) is 85.5 Å². The van der Waals surface area contributed by atoms with Crippen LogP contribution in [0.2, 0.25) is 0 Å². The van der Waals surface area contributed by atoms with Gasteiger partial charge in [-0.05, 0) is 115 Å². The Hall–Kier alpha value is -4.30. The fraction of sp³-hybridized carbons (Fsp3) is 0.268. The van der Waals surface area contributed by atoms with E-state index in [0.29, 0.717) is 5.92 Å².